The van der Waals surface area contributed by atoms with Crippen molar-refractivity contribution in [3.8, 4) is 5.75 Å². The molecule has 0 aliphatic heterocycles. The fourth-order valence-electron chi connectivity index (χ4n) is 2.20. The molecule has 0 radical (unpaired) electrons. The minimum atomic E-state index is -0.301. The van der Waals surface area contributed by atoms with E-state index in [4.69, 9.17) is 4.74 Å². The fraction of sp³-hybridized carbons (Fsp3) is 0.158. The molecular weight excluding hydrogens is 339 g/mol. The van der Waals surface area contributed by atoms with Crippen LogP contribution in [-0.2, 0) is 24.4 Å². The van der Waals surface area contributed by atoms with Crippen LogP contribution in [0.15, 0.2) is 60.0 Å². The van der Waals surface area contributed by atoms with Gasteiger partial charge in [0.15, 0.2) is 0 Å². The van der Waals surface area contributed by atoms with Crippen molar-refractivity contribution in [2.24, 2.45) is 0 Å². The number of halogens is 1. The van der Waals surface area contributed by atoms with Crippen LogP contribution in [0.4, 0.5) is 4.39 Å². The largest absolute Gasteiger partial charge is 0.486 e. The number of hydrogen-bond donors (Lipinski definition) is 1. The first-order chi connectivity index (χ1) is 12.2. The molecule has 0 fully saturated rings. The van der Waals surface area contributed by atoms with Crippen LogP contribution in [0.2, 0.25) is 0 Å². The van der Waals surface area contributed by atoms with Crippen molar-refractivity contribution >= 4 is 17.2 Å². The van der Waals surface area contributed by atoms with E-state index >= 15 is 0 Å². The lowest BCUT2D eigenvalue weighted by Gasteiger charge is -2.04. The first kappa shape index (κ1) is 17.1. The first-order valence-electron chi connectivity index (χ1n) is 7.81. The van der Waals surface area contributed by atoms with Crippen molar-refractivity contribution in [2.45, 2.75) is 19.6 Å². The predicted octanol–water partition coefficient (Wildman–Crippen LogP) is 3.72. The highest BCUT2D eigenvalue weighted by atomic mass is 32.1. The van der Waals surface area contributed by atoms with Gasteiger partial charge in [0.1, 0.15) is 23.2 Å². The summed E-state index contributed by atoms with van der Waals surface area (Å²) in [6, 6.07) is 15.6. The molecule has 0 aliphatic carbocycles. The van der Waals surface area contributed by atoms with Gasteiger partial charge in [0.05, 0.1) is 12.1 Å². The van der Waals surface area contributed by atoms with Crippen molar-refractivity contribution in [1.29, 1.82) is 0 Å². The molecule has 3 aromatic rings. The Morgan fingerprint density at radius 2 is 1.88 bits per heavy atom. The van der Waals surface area contributed by atoms with Gasteiger partial charge in [-0.2, -0.15) is 0 Å². The molecular formula is C19H17FN2O2S. The summed E-state index contributed by atoms with van der Waals surface area (Å²) in [5, 5.41) is 5.50. The second-order valence-electron chi connectivity index (χ2n) is 5.41. The molecule has 0 saturated heterocycles. The molecule has 0 unspecified atom stereocenters. The lowest BCUT2D eigenvalue weighted by Crippen LogP contribution is -2.24. The van der Waals surface area contributed by atoms with E-state index in [1.807, 2.05) is 35.7 Å². The van der Waals surface area contributed by atoms with Gasteiger partial charge >= 0.3 is 0 Å². The molecule has 0 spiro atoms. The molecule has 0 aliphatic rings. The van der Waals surface area contributed by atoms with Crippen molar-refractivity contribution in [2.75, 3.05) is 0 Å². The number of benzene rings is 2. The SMILES string of the molecule is O=C(Cc1csc(COc2ccc(F)cc2)n1)NCc1ccccc1. The van der Waals surface area contributed by atoms with E-state index in [1.54, 1.807) is 12.1 Å². The summed E-state index contributed by atoms with van der Waals surface area (Å²) in [7, 11) is 0. The highest BCUT2D eigenvalue weighted by Crippen LogP contribution is 2.16. The lowest BCUT2D eigenvalue weighted by atomic mass is 10.2. The van der Waals surface area contributed by atoms with Crippen molar-refractivity contribution in [3.63, 3.8) is 0 Å². The third-order valence-corrected chi connectivity index (χ3v) is 4.32. The number of aromatic nitrogens is 1. The molecule has 1 N–H and O–H groups in total. The molecule has 1 amide bonds. The van der Waals surface area contributed by atoms with E-state index in [0.717, 1.165) is 10.6 Å². The van der Waals surface area contributed by atoms with Gasteiger partial charge in [-0.05, 0) is 29.8 Å². The average molecular weight is 356 g/mol. The van der Waals surface area contributed by atoms with Gasteiger partial charge in [0.2, 0.25) is 5.91 Å². The minimum absolute atomic E-state index is 0.0693. The van der Waals surface area contributed by atoms with Gasteiger partial charge < -0.3 is 10.1 Å². The predicted molar refractivity (Wildman–Crippen MR) is 94.8 cm³/mol. The van der Waals surface area contributed by atoms with Gasteiger partial charge in [-0.25, -0.2) is 9.37 Å². The van der Waals surface area contributed by atoms with Crippen LogP contribution in [0.25, 0.3) is 0 Å². The molecule has 128 valence electrons. The van der Waals surface area contributed by atoms with Gasteiger partial charge in [0, 0.05) is 11.9 Å². The normalized spacial score (nSPS) is 10.4. The number of carbonyl (C=O) groups excluding carboxylic acids is 1. The molecule has 1 aromatic heterocycles. The van der Waals surface area contributed by atoms with Gasteiger partial charge in [-0.1, -0.05) is 30.3 Å². The molecule has 6 heteroatoms. The summed E-state index contributed by atoms with van der Waals surface area (Å²) < 4.78 is 18.4. The standard InChI is InChI=1S/C19H17FN2O2S/c20-15-6-8-17(9-7-15)24-12-19-22-16(13-25-19)10-18(23)21-11-14-4-2-1-3-5-14/h1-9,13H,10-12H2,(H,21,23). The summed E-state index contributed by atoms with van der Waals surface area (Å²) >= 11 is 1.44. The van der Waals surface area contributed by atoms with Crippen LogP contribution in [0.3, 0.4) is 0 Å². The monoisotopic (exact) mass is 356 g/mol. The van der Waals surface area contributed by atoms with Gasteiger partial charge in [-0.15, -0.1) is 11.3 Å². The molecule has 0 atom stereocenters. The Morgan fingerprint density at radius 1 is 1.12 bits per heavy atom. The summed E-state index contributed by atoms with van der Waals surface area (Å²) in [5.41, 5.74) is 1.77. The zero-order valence-corrected chi connectivity index (χ0v) is 14.3. The lowest BCUT2D eigenvalue weighted by molar-refractivity contribution is -0.120. The van der Waals surface area contributed by atoms with Crippen LogP contribution in [0.1, 0.15) is 16.3 Å². The van der Waals surface area contributed by atoms with Crippen LogP contribution in [0, 0.1) is 5.82 Å². The average Bonchev–Trinajstić information content (AvgIpc) is 3.08. The van der Waals surface area contributed by atoms with E-state index in [1.165, 1.54) is 23.5 Å². The Labute approximate surface area is 149 Å². The van der Waals surface area contributed by atoms with E-state index in [9.17, 15) is 9.18 Å². The van der Waals surface area contributed by atoms with Crippen LogP contribution in [-0.4, -0.2) is 10.9 Å². The number of nitrogens with one attached hydrogen (secondary N) is 1. The van der Waals surface area contributed by atoms with Crippen LogP contribution in [0.5, 0.6) is 5.75 Å². The molecule has 2 aromatic carbocycles. The number of amides is 1. The highest BCUT2D eigenvalue weighted by Gasteiger charge is 2.08. The molecule has 3 rings (SSSR count). The zero-order chi connectivity index (χ0) is 17.5. The van der Waals surface area contributed by atoms with Crippen LogP contribution >= 0.6 is 11.3 Å². The Morgan fingerprint density at radius 3 is 2.64 bits per heavy atom. The van der Waals surface area contributed by atoms with E-state index in [0.29, 0.717) is 24.6 Å². The molecule has 4 nitrogen and oxygen atoms in total. The minimum Gasteiger partial charge on any atom is -0.486 e. The van der Waals surface area contributed by atoms with E-state index in [-0.39, 0.29) is 18.1 Å². The zero-order valence-electron chi connectivity index (χ0n) is 13.4. The summed E-state index contributed by atoms with van der Waals surface area (Å²) in [4.78, 5) is 16.4. The van der Waals surface area contributed by atoms with Crippen molar-refractivity contribution < 1.29 is 13.9 Å². The maximum Gasteiger partial charge on any atom is 0.226 e. The maximum atomic E-state index is 12.8. The molecule has 1 heterocycles. The summed E-state index contributed by atoms with van der Waals surface area (Å²) in [5.74, 6) is 0.212. The van der Waals surface area contributed by atoms with Crippen LogP contribution < -0.4 is 10.1 Å². The molecule has 0 bridgehead atoms. The number of thiazole rings is 1. The maximum absolute atomic E-state index is 12.8. The first-order valence-corrected chi connectivity index (χ1v) is 8.69. The van der Waals surface area contributed by atoms with Crippen molar-refractivity contribution in [1.82, 2.24) is 10.3 Å². The Hall–Kier alpha value is -2.73. The Balaban J connectivity index is 1.46. The van der Waals surface area contributed by atoms with E-state index in [2.05, 4.69) is 10.3 Å². The number of rotatable bonds is 7. The molecule has 0 saturated carbocycles. The fourth-order valence-corrected chi connectivity index (χ4v) is 2.90. The highest BCUT2D eigenvalue weighted by molar-refractivity contribution is 7.09. The number of nitrogens with zero attached hydrogens (tertiary/aromatic N) is 1. The third kappa shape index (κ3) is 5.39. The summed E-state index contributed by atoms with van der Waals surface area (Å²) in [6.45, 7) is 0.798. The smallest absolute Gasteiger partial charge is 0.226 e. The second kappa shape index (κ2) is 8.39. The number of ether oxygens (including phenoxy) is 1. The quantitative estimate of drug-likeness (QED) is 0.702. The number of carbonyl (C=O) groups is 1. The summed E-state index contributed by atoms with van der Waals surface area (Å²) in [6.07, 6.45) is 0.236. The second-order valence-corrected chi connectivity index (χ2v) is 6.36. The Kier molecular flexibility index (Phi) is 5.74. The molecule has 25 heavy (non-hydrogen) atoms. The third-order valence-electron chi connectivity index (χ3n) is 3.45. The van der Waals surface area contributed by atoms with E-state index < -0.39 is 0 Å². The topological polar surface area (TPSA) is 51.2 Å². The number of hydrogen-bond acceptors (Lipinski definition) is 4. The van der Waals surface area contributed by atoms with Crippen molar-refractivity contribution in [3.05, 3.63) is 82.1 Å². The van der Waals surface area contributed by atoms with Gasteiger partial charge in [-0.3, -0.25) is 4.79 Å². The van der Waals surface area contributed by atoms with Gasteiger partial charge in [0.25, 0.3) is 0 Å². The Bertz CT molecular complexity index is 819.